The van der Waals surface area contributed by atoms with Gasteiger partial charge in [-0.25, -0.2) is 0 Å². The van der Waals surface area contributed by atoms with E-state index in [-0.39, 0.29) is 12.5 Å². The van der Waals surface area contributed by atoms with Gasteiger partial charge in [0.15, 0.2) is 0 Å². The maximum atomic E-state index is 10.0. The van der Waals surface area contributed by atoms with Crippen molar-refractivity contribution in [1.82, 2.24) is 0 Å². The molecule has 0 saturated carbocycles. The van der Waals surface area contributed by atoms with E-state index in [1.54, 1.807) is 25.1 Å². The fourth-order valence-electron chi connectivity index (χ4n) is 1.12. The number of nitrogens with zero attached hydrogens (tertiary/aromatic N) is 1. The van der Waals surface area contributed by atoms with Crippen molar-refractivity contribution in [2.24, 2.45) is 5.92 Å². The van der Waals surface area contributed by atoms with Crippen molar-refractivity contribution in [3.8, 4) is 11.8 Å². The zero-order valence-corrected chi connectivity index (χ0v) is 11.0. The lowest BCUT2D eigenvalue weighted by molar-refractivity contribution is -0.0267. The molecule has 1 aromatic rings. The van der Waals surface area contributed by atoms with Crippen molar-refractivity contribution in [3.05, 3.63) is 28.8 Å². The average Bonchev–Trinajstić information content (AvgIpc) is 2.26. The number of nitriles is 1. The van der Waals surface area contributed by atoms with E-state index in [1.807, 2.05) is 19.9 Å². The second-order valence-corrected chi connectivity index (χ2v) is 4.93. The topological polar surface area (TPSA) is 53.2 Å². The molecule has 0 aliphatic rings. The SMILES string of the molecule is CC(C)C(C)(O)COc1cccc(Cl)c1C#N. The molecule has 17 heavy (non-hydrogen) atoms. The highest BCUT2D eigenvalue weighted by molar-refractivity contribution is 6.31. The second kappa shape index (κ2) is 5.39. The molecule has 1 rings (SSSR count). The summed E-state index contributed by atoms with van der Waals surface area (Å²) in [6, 6.07) is 7.00. The monoisotopic (exact) mass is 253 g/mol. The van der Waals surface area contributed by atoms with E-state index in [0.29, 0.717) is 16.3 Å². The van der Waals surface area contributed by atoms with Crippen LogP contribution in [0.3, 0.4) is 0 Å². The van der Waals surface area contributed by atoms with Gasteiger partial charge in [-0.1, -0.05) is 31.5 Å². The highest BCUT2D eigenvalue weighted by atomic mass is 35.5. The largest absolute Gasteiger partial charge is 0.489 e. The summed E-state index contributed by atoms with van der Waals surface area (Å²) in [5, 5.41) is 19.4. The van der Waals surface area contributed by atoms with Crippen molar-refractivity contribution < 1.29 is 9.84 Å². The van der Waals surface area contributed by atoms with E-state index in [9.17, 15) is 5.11 Å². The summed E-state index contributed by atoms with van der Waals surface area (Å²) in [6.45, 7) is 5.65. The number of aliphatic hydroxyl groups is 1. The van der Waals surface area contributed by atoms with Crippen LogP contribution in [-0.2, 0) is 0 Å². The van der Waals surface area contributed by atoms with Crippen LogP contribution in [0.15, 0.2) is 18.2 Å². The van der Waals surface area contributed by atoms with Gasteiger partial charge < -0.3 is 9.84 Å². The van der Waals surface area contributed by atoms with Gasteiger partial charge in [0.1, 0.15) is 24.0 Å². The predicted octanol–water partition coefficient (Wildman–Crippen LogP) is 3.00. The first-order valence-corrected chi connectivity index (χ1v) is 5.80. The number of halogens is 1. The Labute approximate surface area is 107 Å². The Morgan fingerprint density at radius 3 is 2.71 bits per heavy atom. The molecule has 0 aliphatic carbocycles. The van der Waals surface area contributed by atoms with Crippen LogP contribution in [0, 0.1) is 17.2 Å². The molecule has 92 valence electrons. The van der Waals surface area contributed by atoms with Gasteiger partial charge in [-0.3, -0.25) is 0 Å². The summed E-state index contributed by atoms with van der Waals surface area (Å²) in [5.74, 6) is 0.466. The molecule has 4 heteroatoms. The van der Waals surface area contributed by atoms with Gasteiger partial charge in [-0.2, -0.15) is 5.26 Å². The summed E-state index contributed by atoms with van der Waals surface area (Å²) >= 11 is 5.88. The standard InChI is InChI=1S/C13H16ClNO2/c1-9(2)13(3,16)8-17-12-6-4-5-11(14)10(12)7-15/h4-6,9,16H,8H2,1-3H3. The summed E-state index contributed by atoms with van der Waals surface area (Å²) in [4.78, 5) is 0. The molecule has 1 unspecified atom stereocenters. The van der Waals surface area contributed by atoms with E-state index in [4.69, 9.17) is 21.6 Å². The van der Waals surface area contributed by atoms with Crippen LogP contribution in [0.2, 0.25) is 5.02 Å². The summed E-state index contributed by atoms with van der Waals surface area (Å²) in [5.41, 5.74) is -0.636. The minimum Gasteiger partial charge on any atom is -0.489 e. The lowest BCUT2D eigenvalue weighted by Crippen LogP contribution is -2.37. The lowest BCUT2D eigenvalue weighted by Gasteiger charge is -2.27. The van der Waals surface area contributed by atoms with Crippen LogP contribution in [0.25, 0.3) is 0 Å². The molecule has 0 spiro atoms. The van der Waals surface area contributed by atoms with Gasteiger partial charge in [-0.15, -0.1) is 0 Å². The van der Waals surface area contributed by atoms with Gasteiger partial charge in [0, 0.05) is 0 Å². The minimum atomic E-state index is -0.935. The molecule has 0 bridgehead atoms. The van der Waals surface area contributed by atoms with Crippen molar-refractivity contribution >= 4 is 11.6 Å². The fraction of sp³-hybridized carbons (Fsp3) is 0.462. The van der Waals surface area contributed by atoms with Crippen LogP contribution in [0.1, 0.15) is 26.3 Å². The molecule has 1 atom stereocenters. The molecular weight excluding hydrogens is 238 g/mol. The zero-order chi connectivity index (χ0) is 13.1. The normalized spacial score (nSPS) is 14.2. The molecule has 0 saturated heterocycles. The zero-order valence-electron chi connectivity index (χ0n) is 10.2. The van der Waals surface area contributed by atoms with Crippen molar-refractivity contribution in [2.45, 2.75) is 26.4 Å². The Bertz CT molecular complexity index is 436. The molecule has 3 nitrogen and oxygen atoms in total. The predicted molar refractivity (Wildman–Crippen MR) is 67.1 cm³/mol. The Morgan fingerprint density at radius 2 is 2.18 bits per heavy atom. The van der Waals surface area contributed by atoms with E-state index < -0.39 is 5.60 Å². The quantitative estimate of drug-likeness (QED) is 0.898. The number of benzene rings is 1. The van der Waals surface area contributed by atoms with Crippen LogP contribution in [0.4, 0.5) is 0 Å². The molecular formula is C13H16ClNO2. The minimum absolute atomic E-state index is 0.0622. The van der Waals surface area contributed by atoms with Crippen molar-refractivity contribution in [2.75, 3.05) is 6.61 Å². The van der Waals surface area contributed by atoms with Crippen LogP contribution < -0.4 is 4.74 Å². The smallest absolute Gasteiger partial charge is 0.138 e. The van der Waals surface area contributed by atoms with Crippen molar-refractivity contribution in [3.63, 3.8) is 0 Å². The van der Waals surface area contributed by atoms with Gasteiger partial charge in [0.05, 0.1) is 10.6 Å². The van der Waals surface area contributed by atoms with E-state index in [2.05, 4.69) is 0 Å². The highest BCUT2D eigenvalue weighted by Crippen LogP contribution is 2.27. The second-order valence-electron chi connectivity index (χ2n) is 4.53. The van der Waals surface area contributed by atoms with E-state index >= 15 is 0 Å². The Morgan fingerprint density at radius 1 is 1.53 bits per heavy atom. The Hall–Kier alpha value is -1.24. The van der Waals surface area contributed by atoms with Gasteiger partial charge >= 0.3 is 0 Å². The number of ether oxygens (including phenoxy) is 1. The Kier molecular flexibility index (Phi) is 4.39. The molecule has 0 radical (unpaired) electrons. The number of hydrogen-bond donors (Lipinski definition) is 1. The summed E-state index contributed by atoms with van der Waals surface area (Å²) in [6.07, 6.45) is 0. The van der Waals surface area contributed by atoms with Gasteiger partial charge in [-0.05, 0) is 25.0 Å². The maximum Gasteiger partial charge on any atom is 0.138 e. The van der Waals surface area contributed by atoms with Gasteiger partial charge in [0.2, 0.25) is 0 Å². The van der Waals surface area contributed by atoms with E-state index in [1.165, 1.54) is 0 Å². The average molecular weight is 254 g/mol. The van der Waals surface area contributed by atoms with Gasteiger partial charge in [0.25, 0.3) is 0 Å². The number of rotatable bonds is 4. The van der Waals surface area contributed by atoms with E-state index in [0.717, 1.165) is 0 Å². The molecule has 1 aromatic carbocycles. The first-order chi connectivity index (χ1) is 7.88. The van der Waals surface area contributed by atoms with Crippen LogP contribution in [0.5, 0.6) is 5.75 Å². The highest BCUT2D eigenvalue weighted by Gasteiger charge is 2.26. The first-order valence-electron chi connectivity index (χ1n) is 5.42. The Balaban J connectivity index is 2.84. The van der Waals surface area contributed by atoms with Crippen molar-refractivity contribution in [1.29, 1.82) is 5.26 Å². The molecule has 0 amide bonds. The number of hydrogen-bond acceptors (Lipinski definition) is 3. The summed E-state index contributed by atoms with van der Waals surface area (Å²) < 4.78 is 5.48. The van der Waals surface area contributed by atoms with Crippen LogP contribution >= 0.6 is 11.6 Å². The first kappa shape index (κ1) is 13.8. The maximum absolute atomic E-state index is 10.0. The summed E-state index contributed by atoms with van der Waals surface area (Å²) in [7, 11) is 0. The third-order valence-corrected chi connectivity index (χ3v) is 3.17. The molecule has 0 aliphatic heterocycles. The molecule has 0 heterocycles. The third-order valence-electron chi connectivity index (χ3n) is 2.85. The third kappa shape index (κ3) is 3.36. The molecule has 0 aromatic heterocycles. The lowest BCUT2D eigenvalue weighted by atomic mass is 9.94. The fourth-order valence-corrected chi connectivity index (χ4v) is 1.33. The van der Waals surface area contributed by atoms with Crippen LogP contribution in [-0.4, -0.2) is 17.3 Å². The molecule has 0 fully saturated rings. The molecule has 1 N–H and O–H groups in total.